The van der Waals surface area contributed by atoms with Crippen LogP contribution < -0.4 is 5.32 Å². The summed E-state index contributed by atoms with van der Waals surface area (Å²) in [5.41, 5.74) is -0.610. The number of hydrogen-bond donors (Lipinski definition) is 1. The van der Waals surface area contributed by atoms with E-state index in [9.17, 15) is 4.79 Å². The average Bonchev–Trinajstić information content (AvgIpc) is 1.98. The minimum atomic E-state index is -0.427. The highest BCUT2D eigenvalue weighted by Gasteiger charge is 2.23. The highest BCUT2D eigenvalue weighted by Crippen LogP contribution is 2.15. The average molecular weight is 229 g/mol. The molecule has 0 aliphatic heterocycles. The lowest BCUT2D eigenvalue weighted by atomic mass is 9.97. The van der Waals surface area contributed by atoms with Crippen molar-refractivity contribution < 1.29 is 9.53 Å². The monoisotopic (exact) mass is 229 g/mol. The molecule has 0 spiro atoms. The van der Waals surface area contributed by atoms with Crippen LogP contribution in [0.2, 0.25) is 0 Å². The smallest absolute Gasteiger partial charge is 0.408 e. The molecule has 0 saturated heterocycles. The molecule has 16 heavy (non-hydrogen) atoms. The van der Waals surface area contributed by atoms with E-state index in [1.807, 2.05) is 34.6 Å². The summed E-state index contributed by atoms with van der Waals surface area (Å²) in [5.74, 6) is 0. The highest BCUT2D eigenvalue weighted by molar-refractivity contribution is 5.68. The molecule has 0 saturated carbocycles. The van der Waals surface area contributed by atoms with Gasteiger partial charge in [-0.1, -0.05) is 26.2 Å². The van der Waals surface area contributed by atoms with Crippen molar-refractivity contribution >= 4 is 6.09 Å². The van der Waals surface area contributed by atoms with E-state index in [2.05, 4.69) is 12.2 Å². The Morgan fingerprint density at radius 3 is 2.12 bits per heavy atom. The van der Waals surface area contributed by atoms with Crippen LogP contribution in [0.15, 0.2) is 0 Å². The van der Waals surface area contributed by atoms with Crippen molar-refractivity contribution in [2.24, 2.45) is 0 Å². The molecule has 0 radical (unpaired) electrons. The molecule has 0 aromatic rings. The van der Waals surface area contributed by atoms with Gasteiger partial charge < -0.3 is 10.1 Å². The molecule has 0 atom stereocenters. The minimum absolute atomic E-state index is 0.183. The Kier molecular flexibility index (Phi) is 5.84. The van der Waals surface area contributed by atoms with E-state index in [-0.39, 0.29) is 11.6 Å². The maximum absolute atomic E-state index is 11.6. The van der Waals surface area contributed by atoms with Crippen LogP contribution in [0.25, 0.3) is 0 Å². The van der Waals surface area contributed by atoms with Gasteiger partial charge >= 0.3 is 6.09 Å². The maximum Gasteiger partial charge on any atom is 0.408 e. The fraction of sp³-hybridized carbons (Fsp3) is 0.923. The topological polar surface area (TPSA) is 38.3 Å². The second-order valence-electron chi connectivity index (χ2n) is 5.97. The van der Waals surface area contributed by atoms with Crippen molar-refractivity contribution in [2.45, 2.75) is 78.4 Å². The molecule has 0 aliphatic rings. The van der Waals surface area contributed by atoms with E-state index >= 15 is 0 Å². The van der Waals surface area contributed by atoms with Crippen molar-refractivity contribution in [1.29, 1.82) is 0 Å². The van der Waals surface area contributed by atoms with Crippen molar-refractivity contribution in [3.05, 3.63) is 0 Å². The first kappa shape index (κ1) is 15.3. The third-order valence-corrected chi connectivity index (χ3v) is 2.24. The number of carbonyl (C=O) groups is 1. The number of hydrogen-bond acceptors (Lipinski definition) is 2. The van der Waals surface area contributed by atoms with E-state index in [0.717, 1.165) is 12.8 Å². The van der Waals surface area contributed by atoms with Crippen molar-refractivity contribution in [3.63, 3.8) is 0 Å². The first-order valence-electron chi connectivity index (χ1n) is 6.17. The zero-order chi connectivity index (χ0) is 12.8. The molecule has 1 N–H and O–H groups in total. The lowest BCUT2D eigenvalue weighted by molar-refractivity contribution is 0.0467. The van der Waals surface area contributed by atoms with Crippen molar-refractivity contribution in [2.75, 3.05) is 0 Å². The molecule has 0 bridgehead atoms. The number of carbonyl (C=O) groups excluding carboxylic acids is 1. The summed E-state index contributed by atoms with van der Waals surface area (Å²) in [5, 5.41) is 2.91. The molecule has 0 rings (SSSR count). The van der Waals surface area contributed by atoms with Gasteiger partial charge in [0.15, 0.2) is 0 Å². The summed E-state index contributed by atoms with van der Waals surface area (Å²) in [7, 11) is 0. The first-order valence-corrected chi connectivity index (χ1v) is 6.17. The van der Waals surface area contributed by atoms with E-state index < -0.39 is 5.60 Å². The van der Waals surface area contributed by atoms with Gasteiger partial charge in [-0.15, -0.1) is 0 Å². The van der Waals surface area contributed by atoms with Gasteiger partial charge in [-0.05, 0) is 41.0 Å². The van der Waals surface area contributed by atoms with Gasteiger partial charge in [0.05, 0.1) is 0 Å². The summed E-state index contributed by atoms with van der Waals surface area (Å²) in [6.07, 6.45) is 4.20. The zero-order valence-electron chi connectivity index (χ0n) is 11.6. The molecule has 0 aromatic heterocycles. The lowest BCUT2D eigenvalue weighted by Crippen LogP contribution is -2.45. The highest BCUT2D eigenvalue weighted by atomic mass is 16.6. The molecule has 3 heteroatoms. The summed E-state index contributed by atoms with van der Waals surface area (Å²) in [6, 6.07) is 0. The second-order valence-corrected chi connectivity index (χ2v) is 5.97. The molecule has 0 aromatic carbocycles. The summed E-state index contributed by atoms with van der Waals surface area (Å²) in [4.78, 5) is 11.6. The third kappa shape index (κ3) is 8.57. The molecule has 0 aliphatic carbocycles. The van der Waals surface area contributed by atoms with Crippen molar-refractivity contribution in [3.8, 4) is 0 Å². The number of rotatable bonds is 5. The molecule has 0 unspecified atom stereocenters. The number of ether oxygens (including phenoxy) is 1. The number of amides is 1. The van der Waals surface area contributed by atoms with Gasteiger partial charge in [-0.2, -0.15) is 0 Å². The molecule has 96 valence electrons. The van der Waals surface area contributed by atoms with Gasteiger partial charge in [0.2, 0.25) is 0 Å². The largest absolute Gasteiger partial charge is 0.444 e. The first-order chi connectivity index (χ1) is 7.16. The van der Waals surface area contributed by atoms with Crippen LogP contribution >= 0.6 is 0 Å². The second kappa shape index (κ2) is 6.12. The summed E-state index contributed by atoms with van der Waals surface area (Å²) < 4.78 is 5.23. The Balaban J connectivity index is 4.00. The number of alkyl carbamates (subject to hydrolysis) is 1. The summed E-state index contributed by atoms with van der Waals surface area (Å²) in [6.45, 7) is 11.9. The maximum atomic E-state index is 11.6. The SMILES string of the molecule is CCCCCC(C)(C)NC(=O)OC(C)(C)C. The van der Waals surface area contributed by atoms with Crippen LogP contribution in [0, 0.1) is 0 Å². The predicted octanol–water partition coefficient (Wildman–Crippen LogP) is 3.87. The van der Waals surface area contributed by atoms with Crippen LogP contribution in [0.4, 0.5) is 4.79 Å². The lowest BCUT2D eigenvalue weighted by Gasteiger charge is -2.28. The minimum Gasteiger partial charge on any atom is -0.444 e. The Labute approximate surface area is 99.9 Å². The normalized spacial score (nSPS) is 12.4. The van der Waals surface area contributed by atoms with E-state index in [1.54, 1.807) is 0 Å². The molecule has 3 nitrogen and oxygen atoms in total. The Bertz CT molecular complexity index is 216. The Morgan fingerprint density at radius 2 is 1.69 bits per heavy atom. The van der Waals surface area contributed by atoms with Gasteiger partial charge in [-0.3, -0.25) is 0 Å². The number of nitrogens with one attached hydrogen (secondary N) is 1. The van der Waals surface area contributed by atoms with Crippen LogP contribution in [0.5, 0.6) is 0 Å². The fourth-order valence-corrected chi connectivity index (χ4v) is 1.46. The Hall–Kier alpha value is -0.730. The van der Waals surface area contributed by atoms with Crippen LogP contribution in [0.1, 0.15) is 67.2 Å². The standard InChI is InChI=1S/C13H27NO2/c1-7-8-9-10-13(5,6)14-11(15)16-12(2,3)4/h7-10H2,1-6H3,(H,14,15). The third-order valence-electron chi connectivity index (χ3n) is 2.24. The fourth-order valence-electron chi connectivity index (χ4n) is 1.46. The van der Waals surface area contributed by atoms with Crippen LogP contribution in [0.3, 0.4) is 0 Å². The van der Waals surface area contributed by atoms with Crippen LogP contribution in [-0.2, 0) is 4.74 Å². The summed E-state index contributed by atoms with van der Waals surface area (Å²) >= 11 is 0. The van der Waals surface area contributed by atoms with Gasteiger partial charge in [0.25, 0.3) is 0 Å². The van der Waals surface area contributed by atoms with Gasteiger partial charge in [-0.25, -0.2) is 4.79 Å². The van der Waals surface area contributed by atoms with Gasteiger partial charge in [0.1, 0.15) is 5.60 Å². The molecule has 1 amide bonds. The quantitative estimate of drug-likeness (QED) is 0.727. The zero-order valence-corrected chi connectivity index (χ0v) is 11.6. The Morgan fingerprint density at radius 1 is 1.12 bits per heavy atom. The molecular formula is C13H27NO2. The molecule has 0 fully saturated rings. The molecule has 0 heterocycles. The number of unbranched alkanes of at least 4 members (excludes halogenated alkanes) is 2. The van der Waals surface area contributed by atoms with E-state index in [0.29, 0.717) is 0 Å². The van der Waals surface area contributed by atoms with E-state index in [1.165, 1.54) is 12.8 Å². The van der Waals surface area contributed by atoms with Gasteiger partial charge in [0, 0.05) is 5.54 Å². The molecular weight excluding hydrogens is 202 g/mol. The van der Waals surface area contributed by atoms with E-state index in [4.69, 9.17) is 4.74 Å². The van der Waals surface area contributed by atoms with Crippen molar-refractivity contribution in [1.82, 2.24) is 5.32 Å². The predicted molar refractivity (Wildman–Crippen MR) is 67.6 cm³/mol. The van der Waals surface area contributed by atoms with Crippen LogP contribution in [-0.4, -0.2) is 17.2 Å².